The second-order valence-corrected chi connectivity index (χ2v) is 3.16. The van der Waals surface area contributed by atoms with Crippen LogP contribution in [0, 0.1) is 5.82 Å². The maximum absolute atomic E-state index is 12.6. The molecule has 1 aromatic heterocycles. The van der Waals surface area contributed by atoms with Crippen molar-refractivity contribution >= 4 is 0 Å². The number of H-pyrrole nitrogens is 1. The fraction of sp³-hybridized carbons (Fsp3) is 0.111. The number of rotatable bonds is 1. The third-order valence-corrected chi connectivity index (χ3v) is 2.01. The highest BCUT2D eigenvalue weighted by molar-refractivity contribution is 5.33. The quantitative estimate of drug-likeness (QED) is 0.780. The van der Waals surface area contributed by atoms with E-state index < -0.39 is 23.5 Å². The lowest BCUT2D eigenvalue weighted by molar-refractivity contribution is -0.146. The molecule has 0 bridgehead atoms. The molecule has 17 heavy (non-hydrogen) atoms. The summed E-state index contributed by atoms with van der Waals surface area (Å²) in [4.78, 5) is 11.2. The van der Waals surface area contributed by atoms with Crippen molar-refractivity contribution in [2.24, 2.45) is 0 Å². The van der Waals surface area contributed by atoms with Crippen molar-refractivity contribution < 1.29 is 17.6 Å². The molecule has 0 radical (unpaired) electrons. The Morgan fingerprint density at radius 3 is 2.29 bits per heavy atom. The first-order valence-electron chi connectivity index (χ1n) is 4.40. The zero-order valence-electron chi connectivity index (χ0n) is 8.12. The molecule has 90 valence electrons. The summed E-state index contributed by atoms with van der Waals surface area (Å²) in [5.74, 6) is -1.99. The van der Waals surface area contributed by atoms with Gasteiger partial charge in [0.2, 0.25) is 5.82 Å². The van der Waals surface area contributed by atoms with E-state index in [1.54, 1.807) is 5.10 Å². The number of halogens is 4. The Balaban J connectivity index is 2.63. The predicted molar refractivity (Wildman–Crippen MR) is 49.1 cm³/mol. The molecule has 8 heteroatoms. The van der Waals surface area contributed by atoms with Gasteiger partial charge in [-0.3, -0.25) is 0 Å². The van der Waals surface area contributed by atoms with Gasteiger partial charge in [-0.15, -0.1) is 5.10 Å². The maximum Gasteiger partial charge on any atom is 0.452 e. The molecule has 0 atom stereocenters. The van der Waals surface area contributed by atoms with Gasteiger partial charge in [0.05, 0.1) is 5.69 Å². The van der Waals surface area contributed by atoms with E-state index in [9.17, 15) is 22.4 Å². The van der Waals surface area contributed by atoms with Gasteiger partial charge in [-0.1, -0.05) is 0 Å². The summed E-state index contributed by atoms with van der Waals surface area (Å²) in [6.45, 7) is 0. The molecule has 0 unspecified atom stereocenters. The van der Waals surface area contributed by atoms with Crippen molar-refractivity contribution in [2.45, 2.75) is 6.18 Å². The first kappa shape index (κ1) is 11.4. The zero-order chi connectivity index (χ0) is 12.6. The van der Waals surface area contributed by atoms with E-state index in [1.165, 1.54) is 0 Å². The van der Waals surface area contributed by atoms with Crippen LogP contribution >= 0.6 is 0 Å². The molecule has 2 rings (SSSR count). The van der Waals surface area contributed by atoms with Gasteiger partial charge in [0.25, 0.3) is 0 Å². The SMILES string of the molecule is O=c1[nH]nc(C(F)(F)F)n1-c1ccc(F)cc1. The van der Waals surface area contributed by atoms with Crippen molar-refractivity contribution in [2.75, 3.05) is 0 Å². The molecule has 1 N–H and O–H groups in total. The van der Waals surface area contributed by atoms with Crippen LogP contribution in [0.1, 0.15) is 5.82 Å². The number of alkyl halides is 3. The first-order chi connectivity index (χ1) is 7.89. The number of hydrogen-bond acceptors (Lipinski definition) is 2. The van der Waals surface area contributed by atoms with E-state index >= 15 is 0 Å². The molecule has 0 saturated carbocycles. The fourth-order valence-electron chi connectivity index (χ4n) is 1.32. The lowest BCUT2D eigenvalue weighted by Crippen LogP contribution is -2.21. The van der Waals surface area contributed by atoms with Crippen molar-refractivity contribution in [3.05, 3.63) is 46.4 Å². The summed E-state index contributed by atoms with van der Waals surface area (Å²) in [7, 11) is 0. The molecule has 0 fully saturated rings. The molecule has 1 aromatic carbocycles. The van der Waals surface area contributed by atoms with Gasteiger partial charge in [-0.05, 0) is 24.3 Å². The second-order valence-electron chi connectivity index (χ2n) is 3.16. The van der Waals surface area contributed by atoms with E-state index in [1.807, 2.05) is 0 Å². The van der Waals surface area contributed by atoms with Crippen LogP contribution in [0.2, 0.25) is 0 Å². The van der Waals surface area contributed by atoms with Gasteiger partial charge in [-0.2, -0.15) is 13.2 Å². The van der Waals surface area contributed by atoms with Crippen LogP contribution in [0.3, 0.4) is 0 Å². The highest BCUT2D eigenvalue weighted by atomic mass is 19.4. The molecule has 0 amide bonds. The van der Waals surface area contributed by atoms with E-state index in [2.05, 4.69) is 5.10 Å². The molecule has 0 aliphatic rings. The highest BCUT2D eigenvalue weighted by Crippen LogP contribution is 2.27. The molecule has 0 aliphatic heterocycles. The zero-order valence-corrected chi connectivity index (χ0v) is 8.12. The number of nitrogens with one attached hydrogen (secondary N) is 1. The Morgan fingerprint density at radius 1 is 1.18 bits per heavy atom. The first-order valence-corrected chi connectivity index (χ1v) is 4.40. The number of benzene rings is 1. The lowest BCUT2D eigenvalue weighted by Gasteiger charge is -2.07. The van der Waals surface area contributed by atoms with Crippen LogP contribution in [0.4, 0.5) is 17.6 Å². The van der Waals surface area contributed by atoms with Crippen molar-refractivity contribution in [3.63, 3.8) is 0 Å². The van der Waals surface area contributed by atoms with Crippen LogP contribution < -0.4 is 5.69 Å². The number of hydrogen-bond donors (Lipinski definition) is 1. The van der Waals surface area contributed by atoms with Crippen molar-refractivity contribution in [3.8, 4) is 5.69 Å². The summed E-state index contributed by atoms with van der Waals surface area (Å²) in [6, 6.07) is 4.02. The van der Waals surface area contributed by atoms with Crippen molar-refractivity contribution in [1.82, 2.24) is 14.8 Å². The Bertz CT molecular complexity index is 582. The highest BCUT2D eigenvalue weighted by Gasteiger charge is 2.38. The summed E-state index contributed by atoms with van der Waals surface area (Å²) >= 11 is 0. The monoisotopic (exact) mass is 247 g/mol. The molecule has 1 heterocycles. The minimum Gasteiger partial charge on any atom is -0.246 e. The van der Waals surface area contributed by atoms with Gasteiger partial charge in [0.1, 0.15) is 5.82 Å². The van der Waals surface area contributed by atoms with Gasteiger partial charge in [-0.25, -0.2) is 18.9 Å². The molecule has 2 aromatic rings. The molecular weight excluding hydrogens is 242 g/mol. The molecule has 4 nitrogen and oxygen atoms in total. The molecule has 0 aliphatic carbocycles. The van der Waals surface area contributed by atoms with E-state index in [0.717, 1.165) is 24.3 Å². The Labute approximate surface area is 91.5 Å². The Morgan fingerprint density at radius 2 is 1.76 bits per heavy atom. The lowest BCUT2D eigenvalue weighted by atomic mass is 10.3. The summed E-state index contributed by atoms with van der Waals surface area (Å²) in [5, 5.41) is 4.59. The minimum absolute atomic E-state index is 0.113. The smallest absolute Gasteiger partial charge is 0.246 e. The Kier molecular flexibility index (Phi) is 2.49. The molecule has 0 saturated heterocycles. The topological polar surface area (TPSA) is 50.7 Å². The normalized spacial score (nSPS) is 11.8. The standard InChI is InChI=1S/C9H5F4N3O/c10-5-1-3-6(4-2-5)16-7(9(11,12)13)14-15-8(16)17/h1-4H,(H,15,17). The third kappa shape index (κ3) is 2.05. The molecule has 0 spiro atoms. The fourth-order valence-corrected chi connectivity index (χ4v) is 1.32. The van der Waals surface area contributed by atoms with E-state index in [0.29, 0.717) is 4.57 Å². The van der Waals surface area contributed by atoms with E-state index in [-0.39, 0.29) is 5.69 Å². The average molecular weight is 247 g/mol. The maximum atomic E-state index is 12.6. The predicted octanol–water partition coefficient (Wildman–Crippen LogP) is 1.72. The second kappa shape index (κ2) is 3.72. The minimum atomic E-state index is -4.77. The summed E-state index contributed by atoms with van der Waals surface area (Å²) in [5.41, 5.74) is -1.15. The number of aromatic nitrogens is 3. The van der Waals surface area contributed by atoms with E-state index in [4.69, 9.17) is 0 Å². The average Bonchev–Trinajstić information content (AvgIpc) is 2.61. The van der Waals surface area contributed by atoms with Gasteiger partial charge in [0.15, 0.2) is 0 Å². The summed E-state index contributed by atoms with van der Waals surface area (Å²) in [6.07, 6.45) is -4.77. The van der Waals surface area contributed by atoms with Crippen LogP contribution in [-0.4, -0.2) is 14.8 Å². The Hall–Kier alpha value is -2.12. The third-order valence-electron chi connectivity index (χ3n) is 2.01. The molecular formula is C9H5F4N3O. The van der Waals surface area contributed by atoms with Crippen LogP contribution in [0.15, 0.2) is 29.1 Å². The van der Waals surface area contributed by atoms with Gasteiger partial charge >= 0.3 is 11.9 Å². The van der Waals surface area contributed by atoms with Crippen LogP contribution in [0.5, 0.6) is 0 Å². The van der Waals surface area contributed by atoms with Crippen molar-refractivity contribution in [1.29, 1.82) is 0 Å². The van der Waals surface area contributed by atoms with Crippen LogP contribution in [0.25, 0.3) is 5.69 Å². The summed E-state index contributed by atoms with van der Waals surface area (Å²) < 4.78 is 50.5. The largest absolute Gasteiger partial charge is 0.452 e. The van der Waals surface area contributed by atoms with Crippen LogP contribution in [-0.2, 0) is 6.18 Å². The van der Waals surface area contributed by atoms with Gasteiger partial charge < -0.3 is 0 Å². The van der Waals surface area contributed by atoms with Gasteiger partial charge in [0, 0.05) is 0 Å². The number of aromatic amines is 1. The number of nitrogens with zero attached hydrogens (tertiary/aromatic N) is 2.